The van der Waals surface area contributed by atoms with Gasteiger partial charge in [0.25, 0.3) is 0 Å². The molecule has 1 aliphatic heterocycles. The normalized spacial score (nSPS) is 14.3. The topological polar surface area (TPSA) is 84.3 Å². The van der Waals surface area contributed by atoms with Gasteiger partial charge >= 0.3 is 0 Å². The summed E-state index contributed by atoms with van der Waals surface area (Å²) < 4.78 is 30.1. The molecular formula is C23H26N4O3S. The van der Waals surface area contributed by atoms with Gasteiger partial charge in [-0.05, 0) is 36.6 Å². The Hall–Kier alpha value is -2.97. The molecule has 1 aromatic heterocycles. The fourth-order valence-electron chi connectivity index (χ4n) is 3.87. The van der Waals surface area contributed by atoms with E-state index in [2.05, 4.69) is 27.0 Å². The van der Waals surface area contributed by atoms with Gasteiger partial charge in [0.05, 0.1) is 23.5 Å². The van der Waals surface area contributed by atoms with E-state index in [1.54, 1.807) is 12.1 Å². The van der Waals surface area contributed by atoms with Crippen LogP contribution in [0.1, 0.15) is 29.4 Å². The minimum Gasteiger partial charge on any atom is -0.334 e. The van der Waals surface area contributed by atoms with Crippen LogP contribution in [0.4, 0.5) is 5.69 Å². The Morgan fingerprint density at radius 1 is 1.16 bits per heavy atom. The summed E-state index contributed by atoms with van der Waals surface area (Å²) in [6, 6.07) is 15.1. The van der Waals surface area contributed by atoms with Gasteiger partial charge in [0.1, 0.15) is 0 Å². The van der Waals surface area contributed by atoms with Crippen molar-refractivity contribution in [3.63, 3.8) is 0 Å². The summed E-state index contributed by atoms with van der Waals surface area (Å²) in [4.78, 5) is 16.1. The number of amides is 1. The second kappa shape index (κ2) is 8.64. The number of carbonyl (C=O) groups excluding carboxylic acids is 1. The first-order valence-corrected chi connectivity index (χ1v) is 11.7. The van der Waals surface area contributed by atoms with Crippen LogP contribution in [0.2, 0.25) is 0 Å². The Morgan fingerprint density at radius 2 is 1.94 bits per heavy atom. The molecule has 0 aliphatic carbocycles. The number of sulfonamides is 1. The highest BCUT2D eigenvalue weighted by molar-refractivity contribution is 7.89. The summed E-state index contributed by atoms with van der Waals surface area (Å²) in [5.74, 6) is -0.235. The Bertz CT molecular complexity index is 1200. The van der Waals surface area contributed by atoms with Crippen LogP contribution < -0.4 is 5.32 Å². The maximum absolute atomic E-state index is 13.2. The van der Waals surface area contributed by atoms with E-state index < -0.39 is 10.0 Å². The zero-order chi connectivity index (χ0) is 22.0. The SMILES string of the molecule is CC(=O)Nc1cc(S(=O)(=O)N2CCc3c(ncn3CCc3ccccc3)C2)ccc1C. The van der Waals surface area contributed by atoms with Crippen LogP contribution in [0.3, 0.4) is 0 Å². The summed E-state index contributed by atoms with van der Waals surface area (Å²) >= 11 is 0. The largest absolute Gasteiger partial charge is 0.334 e. The fraction of sp³-hybridized carbons (Fsp3) is 0.304. The molecule has 0 spiro atoms. The number of imidazole rings is 1. The van der Waals surface area contributed by atoms with Gasteiger partial charge in [0.15, 0.2) is 0 Å². The fourth-order valence-corrected chi connectivity index (χ4v) is 5.30. The van der Waals surface area contributed by atoms with Crippen molar-refractivity contribution < 1.29 is 13.2 Å². The Balaban J connectivity index is 1.51. The Kier molecular flexibility index (Phi) is 5.93. The zero-order valence-corrected chi connectivity index (χ0v) is 18.5. The molecule has 0 saturated heterocycles. The van der Waals surface area contributed by atoms with E-state index in [9.17, 15) is 13.2 Å². The minimum atomic E-state index is -3.69. The number of aromatic nitrogens is 2. The van der Waals surface area contributed by atoms with Crippen LogP contribution in [0, 0.1) is 6.92 Å². The molecule has 4 rings (SSSR count). The summed E-state index contributed by atoms with van der Waals surface area (Å²) in [5, 5.41) is 2.70. The van der Waals surface area contributed by atoms with Gasteiger partial charge in [-0.25, -0.2) is 13.4 Å². The molecule has 0 bridgehead atoms. The van der Waals surface area contributed by atoms with Gasteiger partial charge in [0, 0.05) is 37.8 Å². The molecule has 0 radical (unpaired) electrons. The van der Waals surface area contributed by atoms with Crippen molar-refractivity contribution in [2.75, 3.05) is 11.9 Å². The summed E-state index contributed by atoms with van der Waals surface area (Å²) in [5.41, 5.74) is 4.49. The molecular weight excluding hydrogens is 412 g/mol. The van der Waals surface area contributed by atoms with Crippen LogP contribution in [-0.4, -0.2) is 34.7 Å². The van der Waals surface area contributed by atoms with Crippen molar-refractivity contribution in [3.05, 3.63) is 77.4 Å². The summed E-state index contributed by atoms with van der Waals surface area (Å²) in [7, 11) is -3.69. The van der Waals surface area contributed by atoms with Crippen LogP contribution in [0.25, 0.3) is 0 Å². The molecule has 0 unspecified atom stereocenters. The van der Waals surface area contributed by atoms with Crippen molar-refractivity contribution in [2.24, 2.45) is 0 Å². The van der Waals surface area contributed by atoms with E-state index in [0.717, 1.165) is 29.9 Å². The van der Waals surface area contributed by atoms with E-state index in [0.29, 0.717) is 18.7 Å². The van der Waals surface area contributed by atoms with Gasteiger partial charge < -0.3 is 9.88 Å². The lowest BCUT2D eigenvalue weighted by Gasteiger charge is -2.27. The number of rotatable bonds is 6. The minimum absolute atomic E-state index is 0.175. The lowest BCUT2D eigenvalue weighted by molar-refractivity contribution is -0.114. The van der Waals surface area contributed by atoms with Crippen LogP contribution in [-0.2, 0) is 40.7 Å². The van der Waals surface area contributed by atoms with E-state index in [1.165, 1.54) is 22.9 Å². The Morgan fingerprint density at radius 3 is 2.68 bits per heavy atom. The number of nitrogens with one attached hydrogen (secondary N) is 1. The quantitative estimate of drug-likeness (QED) is 0.641. The van der Waals surface area contributed by atoms with Crippen LogP contribution in [0.5, 0.6) is 0 Å². The molecule has 162 valence electrons. The van der Waals surface area contributed by atoms with Crippen molar-refractivity contribution in [1.82, 2.24) is 13.9 Å². The highest BCUT2D eigenvalue weighted by Gasteiger charge is 2.31. The summed E-state index contributed by atoms with van der Waals surface area (Å²) in [6.45, 7) is 4.70. The molecule has 0 saturated carbocycles. The van der Waals surface area contributed by atoms with Crippen molar-refractivity contribution in [2.45, 2.75) is 44.7 Å². The van der Waals surface area contributed by atoms with Gasteiger partial charge in [0.2, 0.25) is 15.9 Å². The lowest BCUT2D eigenvalue weighted by atomic mass is 10.1. The molecule has 3 aromatic rings. The molecule has 0 fully saturated rings. The zero-order valence-electron chi connectivity index (χ0n) is 17.7. The second-order valence-electron chi connectivity index (χ2n) is 7.81. The Labute approximate surface area is 182 Å². The molecule has 1 N–H and O–H groups in total. The van der Waals surface area contributed by atoms with E-state index in [4.69, 9.17) is 0 Å². The van der Waals surface area contributed by atoms with Gasteiger partial charge in [-0.2, -0.15) is 4.31 Å². The average molecular weight is 439 g/mol. The number of aryl methyl sites for hydroxylation is 3. The highest BCUT2D eigenvalue weighted by atomic mass is 32.2. The van der Waals surface area contributed by atoms with Crippen molar-refractivity contribution in [1.29, 1.82) is 0 Å². The molecule has 0 atom stereocenters. The molecule has 2 aromatic carbocycles. The van der Waals surface area contributed by atoms with Gasteiger partial charge in [-0.1, -0.05) is 36.4 Å². The predicted octanol–water partition coefficient (Wildman–Crippen LogP) is 3.14. The number of fused-ring (bicyclic) bond motifs is 1. The maximum Gasteiger partial charge on any atom is 0.243 e. The first-order valence-electron chi connectivity index (χ1n) is 10.3. The standard InChI is InChI=1S/C23H26N4O3S/c1-17-8-9-20(14-21(17)25-18(2)28)31(29,30)27-13-11-23-22(15-27)24-16-26(23)12-10-19-6-4-3-5-7-19/h3-9,14,16H,10-13,15H2,1-2H3,(H,25,28). The molecule has 7 nitrogen and oxygen atoms in total. The van der Waals surface area contributed by atoms with E-state index in [1.807, 2.05) is 31.5 Å². The number of anilines is 1. The number of nitrogens with zero attached hydrogens (tertiary/aromatic N) is 3. The average Bonchev–Trinajstić information content (AvgIpc) is 3.16. The first kappa shape index (κ1) is 21.3. The third-order valence-corrected chi connectivity index (χ3v) is 7.44. The molecule has 2 heterocycles. The van der Waals surface area contributed by atoms with E-state index >= 15 is 0 Å². The number of hydrogen-bond donors (Lipinski definition) is 1. The van der Waals surface area contributed by atoms with Crippen molar-refractivity contribution >= 4 is 21.6 Å². The number of benzene rings is 2. The molecule has 1 aliphatic rings. The third kappa shape index (κ3) is 4.55. The lowest BCUT2D eigenvalue weighted by Crippen LogP contribution is -2.36. The molecule has 31 heavy (non-hydrogen) atoms. The predicted molar refractivity (Wildman–Crippen MR) is 119 cm³/mol. The first-order chi connectivity index (χ1) is 14.8. The number of hydrogen-bond acceptors (Lipinski definition) is 4. The smallest absolute Gasteiger partial charge is 0.243 e. The monoisotopic (exact) mass is 438 g/mol. The van der Waals surface area contributed by atoms with Gasteiger partial charge in [-0.3, -0.25) is 4.79 Å². The van der Waals surface area contributed by atoms with Gasteiger partial charge in [-0.15, -0.1) is 0 Å². The maximum atomic E-state index is 13.2. The second-order valence-corrected chi connectivity index (χ2v) is 9.75. The van der Waals surface area contributed by atoms with E-state index in [-0.39, 0.29) is 17.3 Å². The molecule has 8 heteroatoms. The van der Waals surface area contributed by atoms with Crippen LogP contribution in [0.15, 0.2) is 59.8 Å². The third-order valence-electron chi connectivity index (χ3n) is 5.60. The van der Waals surface area contributed by atoms with Crippen LogP contribution >= 0.6 is 0 Å². The molecule has 1 amide bonds. The number of carbonyl (C=O) groups is 1. The highest BCUT2D eigenvalue weighted by Crippen LogP contribution is 2.27. The van der Waals surface area contributed by atoms with Crippen molar-refractivity contribution in [3.8, 4) is 0 Å². The summed E-state index contributed by atoms with van der Waals surface area (Å²) in [6.07, 6.45) is 3.33.